The van der Waals surface area contributed by atoms with Gasteiger partial charge >= 0.3 is 5.63 Å². The van der Waals surface area contributed by atoms with Gasteiger partial charge in [0.05, 0.1) is 12.0 Å². The first-order chi connectivity index (χ1) is 16.3. The minimum absolute atomic E-state index is 0.0603. The van der Waals surface area contributed by atoms with E-state index in [4.69, 9.17) is 9.15 Å². The molecule has 8 nitrogen and oxygen atoms in total. The fourth-order valence-electron chi connectivity index (χ4n) is 4.07. The largest absolute Gasteiger partial charge is 0.548 e. The molecule has 2 atom stereocenters. The van der Waals surface area contributed by atoms with Gasteiger partial charge in [0.25, 0.3) is 5.91 Å². The molecule has 0 aliphatic rings. The number of aromatic nitrogens is 1. The Kier molecular flexibility index (Phi) is 6.40. The maximum Gasteiger partial charge on any atom is 0.336 e. The van der Waals surface area contributed by atoms with Crippen molar-refractivity contribution in [2.75, 3.05) is 0 Å². The molecule has 4 aromatic rings. The van der Waals surface area contributed by atoms with Gasteiger partial charge in [-0.1, -0.05) is 25.1 Å². The highest BCUT2D eigenvalue weighted by Gasteiger charge is 2.22. The summed E-state index contributed by atoms with van der Waals surface area (Å²) in [7, 11) is 0. The van der Waals surface area contributed by atoms with Crippen molar-refractivity contribution in [3.8, 4) is 5.75 Å². The summed E-state index contributed by atoms with van der Waals surface area (Å²) in [5.74, 6) is -1.62. The van der Waals surface area contributed by atoms with Crippen LogP contribution in [0, 0.1) is 6.92 Å². The van der Waals surface area contributed by atoms with E-state index in [9.17, 15) is 19.5 Å². The van der Waals surface area contributed by atoms with Crippen molar-refractivity contribution in [1.82, 2.24) is 10.3 Å². The summed E-state index contributed by atoms with van der Waals surface area (Å²) in [5, 5.41) is 15.9. The zero-order valence-electron chi connectivity index (χ0n) is 19.1. The number of carboxylic acid groups (broad SMARTS) is 1. The van der Waals surface area contributed by atoms with Crippen molar-refractivity contribution in [3.63, 3.8) is 0 Å². The number of benzene rings is 2. The normalized spacial score (nSPS) is 13.0. The van der Waals surface area contributed by atoms with Gasteiger partial charge in [-0.05, 0) is 49.6 Å². The maximum absolute atomic E-state index is 12.8. The lowest BCUT2D eigenvalue weighted by molar-refractivity contribution is -0.308. The number of aromatic amines is 1. The second kappa shape index (κ2) is 9.43. The third kappa shape index (κ3) is 4.52. The minimum atomic E-state index is -1.39. The summed E-state index contributed by atoms with van der Waals surface area (Å²) in [6.07, 6.45) is 1.46. The van der Waals surface area contributed by atoms with Crippen molar-refractivity contribution < 1.29 is 23.8 Å². The third-order valence-corrected chi connectivity index (χ3v) is 5.95. The molecule has 0 spiro atoms. The number of hydrogen-bond donors (Lipinski definition) is 2. The SMILES string of the molecule is CCc1cc(=O)oc2c(C)c(O[C@@H](C)C(=O)N[C@@H](Cc3c[nH]c4ccccc34)C(=O)[O-])ccc12. The van der Waals surface area contributed by atoms with Crippen LogP contribution in [0.5, 0.6) is 5.75 Å². The van der Waals surface area contributed by atoms with Gasteiger partial charge in [0.15, 0.2) is 6.10 Å². The van der Waals surface area contributed by atoms with Crippen LogP contribution in [0.3, 0.4) is 0 Å². The molecule has 34 heavy (non-hydrogen) atoms. The number of aliphatic carboxylic acids is 1. The van der Waals surface area contributed by atoms with Gasteiger partial charge < -0.3 is 29.4 Å². The molecule has 0 aliphatic heterocycles. The number of carbonyl (C=O) groups is 2. The number of carbonyl (C=O) groups excluding carboxylic acids is 2. The summed E-state index contributed by atoms with van der Waals surface area (Å²) < 4.78 is 11.2. The van der Waals surface area contributed by atoms with E-state index in [2.05, 4.69) is 10.3 Å². The molecule has 2 N–H and O–H groups in total. The molecule has 1 amide bonds. The molecule has 0 aliphatic carbocycles. The summed E-state index contributed by atoms with van der Waals surface area (Å²) in [4.78, 5) is 39.5. The highest BCUT2D eigenvalue weighted by atomic mass is 16.5. The van der Waals surface area contributed by atoms with Gasteiger partial charge in [0.1, 0.15) is 11.3 Å². The summed E-state index contributed by atoms with van der Waals surface area (Å²) in [6, 6.07) is 11.2. The Morgan fingerprint density at radius 3 is 2.65 bits per heavy atom. The Labute approximate surface area is 195 Å². The number of para-hydroxylation sites is 1. The van der Waals surface area contributed by atoms with Crippen LogP contribution in [-0.4, -0.2) is 29.0 Å². The quantitative estimate of drug-likeness (QED) is 0.388. The molecule has 0 saturated heterocycles. The van der Waals surface area contributed by atoms with Crippen molar-refractivity contribution in [2.45, 2.75) is 45.8 Å². The second-order valence-corrected chi connectivity index (χ2v) is 8.21. The van der Waals surface area contributed by atoms with Crippen molar-refractivity contribution in [1.29, 1.82) is 0 Å². The van der Waals surface area contributed by atoms with Crippen molar-refractivity contribution in [2.24, 2.45) is 0 Å². The summed E-state index contributed by atoms with van der Waals surface area (Å²) in [6.45, 7) is 5.21. The van der Waals surface area contributed by atoms with E-state index in [-0.39, 0.29) is 6.42 Å². The van der Waals surface area contributed by atoms with E-state index in [1.165, 1.54) is 13.0 Å². The van der Waals surface area contributed by atoms with Gasteiger partial charge in [-0.2, -0.15) is 0 Å². The fourth-order valence-corrected chi connectivity index (χ4v) is 4.07. The standard InChI is InChI=1S/C26H26N2O6/c1-4-16-12-23(29)34-24-14(2)22(10-9-19(16)24)33-15(3)25(30)28-21(26(31)32)11-17-13-27-20-8-6-5-7-18(17)20/h5-10,12-13,15,21,27H,4,11H2,1-3H3,(H,28,30)(H,31,32)/p-1/t15-,21-/m0/s1. The molecular weight excluding hydrogens is 436 g/mol. The summed E-state index contributed by atoms with van der Waals surface area (Å²) >= 11 is 0. The smallest absolute Gasteiger partial charge is 0.336 e. The highest BCUT2D eigenvalue weighted by molar-refractivity contribution is 5.88. The van der Waals surface area contributed by atoms with Crippen LogP contribution < -0.4 is 20.8 Å². The van der Waals surface area contributed by atoms with Gasteiger partial charge in [-0.25, -0.2) is 4.79 Å². The lowest BCUT2D eigenvalue weighted by atomic mass is 10.0. The fraction of sp³-hybridized carbons (Fsp3) is 0.269. The highest BCUT2D eigenvalue weighted by Crippen LogP contribution is 2.29. The Bertz CT molecular complexity index is 1430. The van der Waals surface area contributed by atoms with Crippen LogP contribution >= 0.6 is 0 Å². The van der Waals surface area contributed by atoms with Crippen LogP contribution in [0.4, 0.5) is 0 Å². The molecule has 2 aromatic carbocycles. The molecule has 8 heteroatoms. The van der Waals surface area contributed by atoms with Crippen LogP contribution in [0.25, 0.3) is 21.9 Å². The van der Waals surface area contributed by atoms with E-state index < -0.39 is 29.6 Å². The average molecular weight is 461 g/mol. The molecular formula is C26H25N2O6-. The van der Waals surface area contributed by atoms with Gasteiger partial charge in [0, 0.05) is 40.5 Å². The Morgan fingerprint density at radius 2 is 1.91 bits per heavy atom. The molecule has 2 heterocycles. The second-order valence-electron chi connectivity index (χ2n) is 8.21. The Balaban J connectivity index is 1.51. The van der Waals surface area contributed by atoms with E-state index >= 15 is 0 Å². The number of H-pyrrole nitrogens is 1. The number of aryl methyl sites for hydroxylation is 2. The first-order valence-corrected chi connectivity index (χ1v) is 11.1. The van der Waals surface area contributed by atoms with E-state index in [1.54, 1.807) is 25.3 Å². The molecule has 0 unspecified atom stereocenters. The van der Waals surface area contributed by atoms with Crippen LogP contribution in [0.1, 0.15) is 30.5 Å². The monoisotopic (exact) mass is 461 g/mol. The van der Waals surface area contributed by atoms with Gasteiger partial charge in [-0.3, -0.25) is 4.79 Å². The summed E-state index contributed by atoms with van der Waals surface area (Å²) in [5.41, 5.74) is 3.03. The van der Waals surface area contributed by atoms with E-state index in [1.807, 2.05) is 31.2 Å². The first kappa shape index (κ1) is 23.1. The number of hydrogen-bond acceptors (Lipinski definition) is 6. The minimum Gasteiger partial charge on any atom is -0.548 e. The Hall–Kier alpha value is -4.07. The zero-order valence-corrected chi connectivity index (χ0v) is 19.1. The van der Waals surface area contributed by atoms with Crippen molar-refractivity contribution in [3.05, 3.63) is 75.8 Å². The number of rotatable bonds is 8. The Morgan fingerprint density at radius 1 is 1.15 bits per heavy atom. The molecule has 176 valence electrons. The number of nitrogens with one attached hydrogen (secondary N) is 2. The number of ether oxygens (including phenoxy) is 1. The molecule has 4 rings (SSSR count). The van der Waals surface area contributed by atoms with Crippen molar-refractivity contribution >= 4 is 33.7 Å². The third-order valence-electron chi connectivity index (χ3n) is 5.95. The van der Waals surface area contributed by atoms with Crippen LogP contribution in [0.2, 0.25) is 0 Å². The van der Waals surface area contributed by atoms with Crippen LogP contribution in [-0.2, 0) is 22.4 Å². The predicted octanol–water partition coefficient (Wildman–Crippen LogP) is 2.39. The lowest BCUT2D eigenvalue weighted by Gasteiger charge is -2.23. The molecule has 0 bridgehead atoms. The zero-order chi connectivity index (χ0) is 24.4. The number of fused-ring (bicyclic) bond motifs is 2. The van der Waals surface area contributed by atoms with Gasteiger partial charge in [0.2, 0.25) is 0 Å². The maximum atomic E-state index is 12.8. The molecule has 0 fully saturated rings. The molecule has 0 radical (unpaired) electrons. The molecule has 2 aromatic heterocycles. The topological polar surface area (TPSA) is 124 Å². The number of carboxylic acids is 1. The first-order valence-electron chi connectivity index (χ1n) is 11.1. The molecule has 0 saturated carbocycles. The predicted molar refractivity (Wildman–Crippen MR) is 126 cm³/mol. The van der Waals surface area contributed by atoms with Gasteiger partial charge in [-0.15, -0.1) is 0 Å². The van der Waals surface area contributed by atoms with E-state index in [0.717, 1.165) is 27.4 Å². The van der Waals surface area contributed by atoms with Crippen LogP contribution in [0.15, 0.2) is 57.9 Å². The average Bonchev–Trinajstić information content (AvgIpc) is 3.22. The lowest BCUT2D eigenvalue weighted by Crippen LogP contribution is -2.52. The number of amides is 1. The van der Waals surface area contributed by atoms with E-state index in [0.29, 0.717) is 23.3 Å².